The summed E-state index contributed by atoms with van der Waals surface area (Å²) < 4.78 is 5.18. The number of hydrogen-bond acceptors (Lipinski definition) is 4. The van der Waals surface area contributed by atoms with Gasteiger partial charge < -0.3 is 19.6 Å². The molecule has 0 saturated carbocycles. The van der Waals surface area contributed by atoms with Gasteiger partial charge in [-0.1, -0.05) is 0 Å². The number of ether oxygens (including phenoxy) is 1. The fourth-order valence-corrected chi connectivity index (χ4v) is 3.85. The van der Waals surface area contributed by atoms with E-state index in [1.54, 1.807) is 6.07 Å². The molecule has 1 aromatic carbocycles. The van der Waals surface area contributed by atoms with Crippen LogP contribution in [-0.4, -0.2) is 66.1 Å². The molecule has 2 fully saturated rings. The Kier molecular flexibility index (Phi) is 5.58. The average Bonchev–Trinajstić information content (AvgIpc) is 3.14. The van der Waals surface area contributed by atoms with E-state index in [1.165, 1.54) is 32.1 Å². The van der Waals surface area contributed by atoms with Crippen LogP contribution in [-0.2, 0) is 0 Å². The first-order valence-corrected chi connectivity index (χ1v) is 9.04. The van der Waals surface area contributed by atoms with E-state index in [-0.39, 0.29) is 17.5 Å². The molecule has 0 bridgehead atoms. The Morgan fingerprint density at radius 1 is 1.08 bits per heavy atom. The Labute approximate surface area is 148 Å². The number of hydrogen-bond donors (Lipinski definition) is 1. The maximum absolute atomic E-state index is 13.1. The molecule has 1 amide bonds. The van der Waals surface area contributed by atoms with Crippen molar-refractivity contribution in [3.63, 3.8) is 0 Å². The zero-order valence-electron chi connectivity index (χ0n) is 14.7. The quantitative estimate of drug-likeness (QED) is 0.887. The second-order valence-corrected chi connectivity index (χ2v) is 6.91. The van der Waals surface area contributed by atoms with Crippen LogP contribution in [0.25, 0.3) is 0 Å². The molecule has 0 aromatic heterocycles. The number of carbonyl (C=O) groups is 2. The van der Waals surface area contributed by atoms with Crippen LogP contribution in [0.5, 0.6) is 5.75 Å². The number of benzene rings is 1. The van der Waals surface area contributed by atoms with Gasteiger partial charge in [0.1, 0.15) is 5.75 Å². The van der Waals surface area contributed by atoms with Crippen molar-refractivity contribution in [2.24, 2.45) is 0 Å². The van der Waals surface area contributed by atoms with Gasteiger partial charge in [0.15, 0.2) is 0 Å². The summed E-state index contributed by atoms with van der Waals surface area (Å²) in [6.45, 7) is 3.88. The van der Waals surface area contributed by atoms with Gasteiger partial charge in [-0.3, -0.25) is 4.79 Å². The lowest BCUT2D eigenvalue weighted by molar-refractivity contribution is 0.0560. The zero-order chi connectivity index (χ0) is 17.8. The van der Waals surface area contributed by atoms with E-state index in [9.17, 15) is 14.7 Å². The Morgan fingerprint density at radius 3 is 2.44 bits per heavy atom. The van der Waals surface area contributed by atoms with Gasteiger partial charge in [-0.15, -0.1) is 0 Å². The van der Waals surface area contributed by atoms with E-state index in [0.29, 0.717) is 11.3 Å². The van der Waals surface area contributed by atoms with Crippen LogP contribution in [0.1, 0.15) is 52.8 Å². The van der Waals surface area contributed by atoms with Gasteiger partial charge in [0.2, 0.25) is 0 Å². The van der Waals surface area contributed by atoms with Crippen LogP contribution in [0.2, 0.25) is 0 Å². The molecule has 0 radical (unpaired) electrons. The minimum atomic E-state index is -1.06. The lowest BCUT2D eigenvalue weighted by Gasteiger charge is -2.38. The largest absolute Gasteiger partial charge is 0.497 e. The van der Waals surface area contributed by atoms with Crippen LogP contribution in [0.4, 0.5) is 0 Å². The molecule has 6 nitrogen and oxygen atoms in total. The third-order valence-electron chi connectivity index (χ3n) is 5.19. The molecule has 25 heavy (non-hydrogen) atoms. The summed E-state index contributed by atoms with van der Waals surface area (Å²) in [5.41, 5.74) is 0.473. The summed E-state index contributed by atoms with van der Waals surface area (Å²) in [4.78, 5) is 28.8. The van der Waals surface area contributed by atoms with Crippen molar-refractivity contribution in [1.29, 1.82) is 0 Å². The monoisotopic (exact) mass is 346 g/mol. The molecule has 1 atom stereocenters. The highest BCUT2D eigenvalue weighted by molar-refractivity contribution is 5.98. The summed E-state index contributed by atoms with van der Waals surface area (Å²) >= 11 is 0. The number of methoxy groups -OCH3 is 1. The molecule has 0 spiro atoms. The minimum Gasteiger partial charge on any atom is -0.497 e. The Morgan fingerprint density at radius 2 is 1.76 bits per heavy atom. The first kappa shape index (κ1) is 17.7. The Bertz CT molecular complexity index is 640. The van der Waals surface area contributed by atoms with Gasteiger partial charge in [0, 0.05) is 24.7 Å². The standard InChI is InChI=1S/C19H26N2O4/c1-25-17-11-14(10-15(12-17)19(23)24)18(22)21-9-3-2-6-16(21)13-20-7-4-5-8-20/h10-12,16H,2-9,13H2,1H3,(H,23,24)/t16-/m0/s1. The van der Waals surface area contributed by atoms with Crippen LogP contribution in [0.3, 0.4) is 0 Å². The van der Waals surface area contributed by atoms with Crippen LogP contribution in [0.15, 0.2) is 18.2 Å². The number of rotatable bonds is 5. The molecule has 2 aliphatic heterocycles. The highest BCUT2D eigenvalue weighted by Gasteiger charge is 2.30. The fourth-order valence-electron chi connectivity index (χ4n) is 3.85. The molecular formula is C19H26N2O4. The van der Waals surface area contributed by atoms with Crippen molar-refractivity contribution in [2.75, 3.05) is 33.3 Å². The van der Waals surface area contributed by atoms with Crippen LogP contribution in [0, 0.1) is 0 Å². The minimum absolute atomic E-state index is 0.0794. The number of nitrogens with zero attached hydrogens (tertiary/aromatic N) is 2. The van der Waals surface area contributed by atoms with E-state index in [4.69, 9.17) is 4.74 Å². The van der Waals surface area contributed by atoms with Gasteiger partial charge in [-0.05, 0) is 63.4 Å². The summed E-state index contributed by atoms with van der Waals surface area (Å²) in [7, 11) is 1.48. The number of piperidine rings is 1. The highest BCUT2D eigenvalue weighted by Crippen LogP contribution is 2.24. The molecule has 1 aromatic rings. The normalized spacial score (nSPS) is 21.3. The van der Waals surface area contributed by atoms with Crippen molar-refractivity contribution in [3.05, 3.63) is 29.3 Å². The third-order valence-corrected chi connectivity index (χ3v) is 5.19. The zero-order valence-corrected chi connectivity index (χ0v) is 14.7. The van der Waals surface area contributed by atoms with E-state index in [2.05, 4.69) is 4.90 Å². The van der Waals surface area contributed by atoms with Crippen molar-refractivity contribution in [1.82, 2.24) is 9.80 Å². The number of carboxylic acids is 1. The molecule has 2 saturated heterocycles. The Hall–Kier alpha value is -2.08. The predicted octanol–water partition coefficient (Wildman–Crippen LogP) is 2.48. The molecule has 2 heterocycles. The van der Waals surface area contributed by atoms with Gasteiger partial charge in [-0.25, -0.2) is 4.79 Å². The van der Waals surface area contributed by atoms with Gasteiger partial charge in [0.05, 0.1) is 12.7 Å². The molecule has 0 aliphatic carbocycles. The maximum atomic E-state index is 13.1. The smallest absolute Gasteiger partial charge is 0.335 e. The number of amides is 1. The van der Waals surface area contributed by atoms with Crippen LogP contribution < -0.4 is 4.74 Å². The summed E-state index contributed by atoms with van der Waals surface area (Å²) in [5, 5.41) is 9.28. The summed E-state index contributed by atoms with van der Waals surface area (Å²) in [6.07, 6.45) is 5.62. The maximum Gasteiger partial charge on any atom is 0.335 e. The second-order valence-electron chi connectivity index (χ2n) is 6.91. The number of carboxylic acid groups (broad SMARTS) is 1. The van der Waals surface area contributed by atoms with Gasteiger partial charge in [-0.2, -0.15) is 0 Å². The van der Waals surface area contributed by atoms with Crippen molar-refractivity contribution < 1.29 is 19.4 Å². The molecule has 2 aliphatic rings. The van der Waals surface area contributed by atoms with Crippen molar-refractivity contribution >= 4 is 11.9 Å². The van der Waals surface area contributed by atoms with E-state index in [1.807, 2.05) is 4.90 Å². The molecular weight excluding hydrogens is 320 g/mol. The predicted molar refractivity (Wildman–Crippen MR) is 94.3 cm³/mol. The van der Waals surface area contributed by atoms with Gasteiger partial charge >= 0.3 is 5.97 Å². The van der Waals surface area contributed by atoms with E-state index < -0.39 is 5.97 Å². The summed E-state index contributed by atoms with van der Waals surface area (Å²) in [6, 6.07) is 4.74. The molecule has 136 valence electrons. The van der Waals surface area contributed by atoms with Crippen LogP contribution >= 0.6 is 0 Å². The van der Waals surface area contributed by atoms with E-state index >= 15 is 0 Å². The highest BCUT2D eigenvalue weighted by atomic mass is 16.5. The third kappa shape index (κ3) is 4.12. The fraction of sp³-hybridized carbons (Fsp3) is 0.579. The van der Waals surface area contributed by atoms with Gasteiger partial charge in [0.25, 0.3) is 5.91 Å². The molecule has 6 heteroatoms. The summed E-state index contributed by atoms with van der Waals surface area (Å²) in [5.74, 6) is -0.748. The first-order valence-electron chi connectivity index (χ1n) is 9.04. The molecule has 1 N–H and O–H groups in total. The number of aromatic carboxylic acids is 1. The first-order chi connectivity index (χ1) is 12.1. The lowest BCUT2D eigenvalue weighted by atomic mass is 9.99. The SMILES string of the molecule is COc1cc(C(=O)O)cc(C(=O)N2CCCC[C@H]2CN2CCCC2)c1. The molecule has 3 rings (SSSR count). The lowest BCUT2D eigenvalue weighted by Crippen LogP contribution is -2.49. The topological polar surface area (TPSA) is 70.1 Å². The Balaban J connectivity index is 1.81. The number of carbonyl (C=O) groups excluding carboxylic acids is 1. The van der Waals surface area contributed by atoms with E-state index in [0.717, 1.165) is 45.4 Å². The molecule has 0 unspecified atom stereocenters. The number of likely N-dealkylation sites (tertiary alicyclic amines) is 2. The van der Waals surface area contributed by atoms with Crippen molar-refractivity contribution in [2.45, 2.75) is 38.1 Å². The second kappa shape index (κ2) is 7.87. The van der Waals surface area contributed by atoms with Crippen molar-refractivity contribution in [3.8, 4) is 5.75 Å². The average molecular weight is 346 g/mol.